The summed E-state index contributed by atoms with van der Waals surface area (Å²) >= 11 is 1.24. The molecule has 0 saturated heterocycles. The van der Waals surface area contributed by atoms with E-state index in [-0.39, 0.29) is 5.69 Å². The van der Waals surface area contributed by atoms with E-state index in [0.717, 1.165) is 6.42 Å². The van der Waals surface area contributed by atoms with Crippen molar-refractivity contribution in [2.45, 2.75) is 25.8 Å². The Morgan fingerprint density at radius 1 is 1.87 bits per heavy atom. The van der Waals surface area contributed by atoms with Crippen molar-refractivity contribution in [2.24, 2.45) is 0 Å². The van der Waals surface area contributed by atoms with E-state index in [4.69, 9.17) is 11.5 Å². The van der Waals surface area contributed by atoms with Gasteiger partial charge in [0, 0.05) is 5.38 Å². The minimum Gasteiger partial charge on any atom is -0.476 e. The molecule has 1 unspecified atom stereocenters. The summed E-state index contributed by atoms with van der Waals surface area (Å²) in [6.07, 6.45) is 6.12. The topological polar surface area (TPSA) is 62.2 Å². The molecule has 0 radical (unpaired) electrons. The first-order chi connectivity index (χ1) is 7.00. The molecule has 0 aromatic carbocycles. The lowest BCUT2D eigenvalue weighted by Gasteiger charge is -2.22. The second kappa shape index (κ2) is 4.32. The molecule has 1 aromatic rings. The van der Waals surface area contributed by atoms with Crippen LogP contribution >= 0.6 is 11.3 Å². The number of terminal acetylenes is 1. The van der Waals surface area contributed by atoms with Crippen molar-refractivity contribution >= 4 is 22.4 Å². The number of nitrogens with one attached hydrogen (secondary N) is 1. The van der Waals surface area contributed by atoms with Gasteiger partial charge in [-0.1, -0.05) is 12.8 Å². The highest BCUT2D eigenvalue weighted by atomic mass is 32.1. The number of thiazole rings is 1. The van der Waals surface area contributed by atoms with Gasteiger partial charge in [0.2, 0.25) is 0 Å². The molecule has 0 fully saturated rings. The monoisotopic (exact) mass is 224 g/mol. The van der Waals surface area contributed by atoms with Gasteiger partial charge in [0.15, 0.2) is 10.8 Å². The molecule has 1 rings (SSSR count). The lowest BCUT2D eigenvalue weighted by Crippen LogP contribution is -2.31. The van der Waals surface area contributed by atoms with E-state index >= 15 is 0 Å². The molecule has 1 heterocycles. The van der Waals surface area contributed by atoms with Crippen LogP contribution in [0.1, 0.15) is 30.8 Å². The highest BCUT2D eigenvalue weighted by Gasteiger charge is 2.20. The van der Waals surface area contributed by atoms with Crippen LogP contribution in [0.15, 0.2) is 5.38 Å². The Kier molecular flexibility index (Phi) is 3.32. The molecule has 1 aromatic heterocycles. The average Bonchev–Trinajstić information content (AvgIpc) is 2.66. The normalized spacial score (nSPS) is 13.9. The van der Waals surface area contributed by atoms with E-state index in [2.05, 4.69) is 16.2 Å². The number of carbonyl (C=O) groups is 1. The van der Waals surface area contributed by atoms with E-state index in [1.165, 1.54) is 16.7 Å². The highest BCUT2D eigenvalue weighted by Crippen LogP contribution is 2.21. The van der Waals surface area contributed by atoms with Gasteiger partial charge in [-0.3, -0.25) is 0 Å². The Morgan fingerprint density at radius 3 is 2.93 bits per heavy atom. The Morgan fingerprint density at radius 2 is 2.53 bits per heavy atom. The molecule has 0 aliphatic rings. The van der Waals surface area contributed by atoms with E-state index in [1.54, 1.807) is 0 Å². The quantitative estimate of drug-likeness (QED) is 0.768. The molecule has 0 bridgehead atoms. The number of hydrogen-bond donors (Lipinski definition) is 2. The van der Waals surface area contributed by atoms with Gasteiger partial charge in [-0.05, 0) is 13.3 Å². The second-order valence-corrected chi connectivity index (χ2v) is 4.16. The largest absolute Gasteiger partial charge is 0.476 e. The van der Waals surface area contributed by atoms with Gasteiger partial charge in [0.25, 0.3) is 0 Å². The zero-order valence-corrected chi connectivity index (χ0v) is 9.39. The van der Waals surface area contributed by atoms with E-state index in [0.29, 0.717) is 5.13 Å². The Balaban J connectivity index is 2.82. The molecule has 2 N–H and O–H groups in total. The molecule has 15 heavy (non-hydrogen) atoms. The van der Waals surface area contributed by atoms with Gasteiger partial charge in [0.1, 0.15) is 0 Å². The summed E-state index contributed by atoms with van der Waals surface area (Å²) in [5.41, 5.74) is -0.439. The second-order valence-electron chi connectivity index (χ2n) is 3.30. The fourth-order valence-electron chi connectivity index (χ4n) is 0.892. The van der Waals surface area contributed by atoms with E-state index < -0.39 is 11.5 Å². The minimum atomic E-state index is -1.03. The lowest BCUT2D eigenvalue weighted by molar-refractivity contribution is 0.0691. The summed E-state index contributed by atoms with van der Waals surface area (Å²) in [6.45, 7) is 3.83. The first-order valence-electron chi connectivity index (χ1n) is 4.45. The standard InChI is InChI=1S/C10H12N2O2S/c1-4-10(3,5-2)12-9-11-7(6-15-9)8(13)14/h1,6H,5H2,2-3H3,(H,11,12)(H,13,14). The SMILES string of the molecule is C#CC(C)(CC)Nc1nc(C(=O)O)cs1. The maximum atomic E-state index is 10.6. The van der Waals surface area contributed by atoms with Crippen molar-refractivity contribution in [3.05, 3.63) is 11.1 Å². The number of anilines is 1. The molecule has 0 saturated carbocycles. The third kappa shape index (κ3) is 2.70. The third-order valence-electron chi connectivity index (χ3n) is 2.13. The van der Waals surface area contributed by atoms with Gasteiger partial charge in [-0.2, -0.15) is 0 Å². The zero-order valence-electron chi connectivity index (χ0n) is 8.57. The van der Waals surface area contributed by atoms with Crippen molar-refractivity contribution in [1.82, 2.24) is 4.98 Å². The maximum Gasteiger partial charge on any atom is 0.355 e. The Bertz CT molecular complexity index is 408. The summed E-state index contributed by atoms with van der Waals surface area (Å²) in [5, 5.41) is 13.7. The average molecular weight is 224 g/mol. The van der Waals surface area contributed by atoms with Crippen molar-refractivity contribution in [3.63, 3.8) is 0 Å². The van der Waals surface area contributed by atoms with Crippen molar-refractivity contribution in [3.8, 4) is 12.3 Å². The van der Waals surface area contributed by atoms with Crippen LogP contribution in [0.2, 0.25) is 0 Å². The van der Waals surface area contributed by atoms with E-state index in [1.807, 2.05) is 13.8 Å². The highest BCUT2D eigenvalue weighted by molar-refractivity contribution is 7.13. The van der Waals surface area contributed by atoms with Gasteiger partial charge < -0.3 is 10.4 Å². The number of aromatic nitrogens is 1. The van der Waals surface area contributed by atoms with Crippen molar-refractivity contribution in [1.29, 1.82) is 0 Å². The first-order valence-corrected chi connectivity index (χ1v) is 5.33. The Labute approximate surface area is 92.4 Å². The van der Waals surface area contributed by atoms with Crippen LogP contribution < -0.4 is 5.32 Å². The molecule has 0 aliphatic heterocycles. The van der Waals surface area contributed by atoms with Gasteiger partial charge in [-0.25, -0.2) is 9.78 Å². The Hall–Kier alpha value is -1.54. The molecule has 5 heteroatoms. The minimum absolute atomic E-state index is 0.0398. The van der Waals surface area contributed by atoms with Gasteiger partial charge in [-0.15, -0.1) is 17.8 Å². The fraction of sp³-hybridized carbons (Fsp3) is 0.400. The molecular formula is C10H12N2O2S. The van der Waals surface area contributed by atoms with Crippen LogP contribution in [-0.4, -0.2) is 21.6 Å². The summed E-state index contributed by atoms with van der Waals surface area (Å²) in [4.78, 5) is 14.5. The van der Waals surface area contributed by atoms with E-state index in [9.17, 15) is 4.79 Å². The van der Waals surface area contributed by atoms with Crippen LogP contribution in [0, 0.1) is 12.3 Å². The molecule has 80 valence electrons. The predicted octanol–water partition coefficient (Wildman–Crippen LogP) is 2.06. The van der Waals surface area contributed by atoms with Crippen LogP contribution in [-0.2, 0) is 0 Å². The maximum absolute atomic E-state index is 10.6. The summed E-state index contributed by atoms with van der Waals surface area (Å²) in [6, 6.07) is 0. The van der Waals surface area contributed by atoms with Crippen LogP contribution in [0.25, 0.3) is 0 Å². The van der Waals surface area contributed by atoms with Crippen LogP contribution in [0.5, 0.6) is 0 Å². The third-order valence-corrected chi connectivity index (χ3v) is 2.89. The van der Waals surface area contributed by atoms with Crippen molar-refractivity contribution in [2.75, 3.05) is 5.32 Å². The predicted molar refractivity (Wildman–Crippen MR) is 60.2 cm³/mol. The molecular weight excluding hydrogens is 212 g/mol. The first kappa shape index (κ1) is 11.5. The fourth-order valence-corrected chi connectivity index (χ4v) is 1.70. The van der Waals surface area contributed by atoms with Crippen LogP contribution in [0.4, 0.5) is 5.13 Å². The molecule has 0 aliphatic carbocycles. The number of carboxylic acid groups (broad SMARTS) is 1. The summed E-state index contributed by atoms with van der Waals surface area (Å²) < 4.78 is 0. The van der Waals surface area contributed by atoms with Crippen LogP contribution in [0.3, 0.4) is 0 Å². The number of carboxylic acids is 1. The summed E-state index contributed by atoms with van der Waals surface area (Å²) in [7, 11) is 0. The summed E-state index contributed by atoms with van der Waals surface area (Å²) in [5.74, 6) is 1.59. The lowest BCUT2D eigenvalue weighted by atomic mass is 10.0. The number of rotatable bonds is 4. The number of hydrogen-bond acceptors (Lipinski definition) is 4. The smallest absolute Gasteiger partial charge is 0.355 e. The van der Waals surface area contributed by atoms with Gasteiger partial charge in [0.05, 0.1) is 5.54 Å². The molecule has 0 amide bonds. The molecule has 0 spiro atoms. The molecule has 1 atom stereocenters. The van der Waals surface area contributed by atoms with Gasteiger partial charge >= 0.3 is 5.97 Å². The van der Waals surface area contributed by atoms with Crippen molar-refractivity contribution < 1.29 is 9.90 Å². The molecule has 4 nitrogen and oxygen atoms in total. The number of aromatic carboxylic acids is 1. The zero-order chi connectivity index (χ0) is 11.5. The number of nitrogens with zero attached hydrogens (tertiary/aromatic N) is 1.